The van der Waals surface area contributed by atoms with E-state index in [1.165, 1.54) is 4.57 Å². The maximum atomic E-state index is 15.4. The Labute approximate surface area is 265 Å². The number of fused-ring (bicyclic) bond motifs is 1. The number of carbonyl (C=O) groups is 2. The number of phosphoric acid groups is 1. The molecule has 0 unspecified atom stereocenters. The van der Waals surface area contributed by atoms with Crippen LogP contribution in [0.4, 0.5) is 19.5 Å². The lowest BCUT2D eigenvalue weighted by molar-refractivity contribution is -0.121. The Morgan fingerprint density at radius 1 is 0.957 bits per heavy atom. The van der Waals surface area contributed by atoms with Gasteiger partial charge in [-0.2, -0.15) is 5.26 Å². The number of hydrogen-bond acceptors (Lipinski definition) is 11. The fourth-order valence-electron chi connectivity index (χ4n) is 3.95. The molecule has 1 aromatic carbocycles. The van der Waals surface area contributed by atoms with Crippen LogP contribution in [-0.4, -0.2) is 91.0 Å². The van der Waals surface area contributed by atoms with Crippen molar-refractivity contribution in [3.05, 3.63) is 23.3 Å². The molecule has 18 heteroatoms. The normalized spacial score (nSPS) is 12.3. The van der Waals surface area contributed by atoms with Crippen molar-refractivity contribution >= 4 is 36.9 Å². The fourth-order valence-corrected chi connectivity index (χ4v) is 4.26. The molecule has 46 heavy (non-hydrogen) atoms. The zero-order valence-corrected chi connectivity index (χ0v) is 27.6. The first-order valence-corrected chi connectivity index (χ1v) is 15.7. The Morgan fingerprint density at radius 3 is 2.00 bits per heavy atom. The molecule has 0 atom stereocenters. The van der Waals surface area contributed by atoms with E-state index in [9.17, 15) is 23.8 Å². The second kappa shape index (κ2) is 17.1. The van der Waals surface area contributed by atoms with Crippen molar-refractivity contribution in [1.29, 1.82) is 5.26 Å². The minimum atomic E-state index is -4.52. The van der Waals surface area contributed by atoms with Crippen LogP contribution in [-0.2, 0) is 43.1 Å². The minimum Gasteiger partial charge on any atom is -0.432 e. The van der Waals surface area contributed by atoms with Crippen LogP contribution in [0.25, 0.3) is 11.0 Å². The number of amides is 1. The summed E-state index contributed by atoms with van der Waals surface area (Å²) in [5, 5.41) is 9.31. The first-order chi connectivity index (χ1) is 21.4. The predicted molar refractivity (Wildman–Crippen MR) is 159 cm³/mol. The van der Waals surface area contributed by atoms with E-state index in [-0.39, 0.29) is 76.3 Å². The van der Waals surface area contributed by atoms with E-state index in [0.717, 1.165) is 11.0 Å². The molecule has 0 aliphatic carbocycles. The van der Waals surface area contributed by atoms with Crippen LogP contribution < -0.4 is 4.90 Å². The molecule has 15 nitrogen and oxygen atoms in total. The third-order valence-electron chi connectivity index (χ3n) is 5.81. The summed E-state index contributed by atoms with van der Waals surface area (Å²) in [6, 6.07) is 2.36. The molecule has 1 aromatic heterocycles. The van der Waals surface area contributed by atoms with Crippen molar-refractivity contribution in [3.63, 3.8) is 0 Å². The largest absolute Gasteiger partial charge is 0.510 e. The second-order valence-corrected chi connectivity index (χ2v) is 13.3. The van der Waals surface area contributed by atoms with Crippen molar-refractivity contribution in [2.75, 3.05) is 64.5 Å². The molecule has 0 radical (unpaired) electrons. The van der Waals surface area contributed by atoms with E-state index in [4.69, 9.17) is 33.5 Å². The van der Waals surface area contributed by atoms with Crippen LogP contribution in [0.2, 0.25) is 0 Å². The van der Waals surface area contributed by atoms with Gasteiger partial charge in [-0.1, -0.05) is 20.8 Å². The molecular formula is C28H41F2N4O11P. The van der Waals surface area contributed by atoms with E-state index in [2.05, 4.69) is 9.51 Å². The maximum Gasteiger partial charge on any atom is 0.510 e. The van der Waals surface area contributed by atoms with Gasteiger partial charge in [-0.05, 0) is 32.3 Å². The van der Waals surface area contributed by atoms with E-state index >= 15 is 4.39 Å². The molecule has 0 aliphatic heterocycles. The van der Waals surface area contributed by atoms with Crippen molar-refractivity contribution in [1.82, 2.24) is 9.55 Å². The predicted octanol–water partition coefficient (Wildman–Crippen LogP) is 3.98. The number of phosphoric ester groups is 1. The van der Waals surface area contributed by atoms with Gasteiger partial charge in [0, 0.05) is 12.0 Å². The van der Waals surface area contributed by atoms with Gasteiger partial charge >= 0.3 is 14.0 Å². The highest BCUT2D eigenvalue weighted by Crippen LogP contribution is 2.36. The summed E-state index contributed by atoms with van der Waals surface area (Å²) < 4.78 is 72.2. The highest BCUT2D eigenvalue weighted by atomic mass is 31.2. The number of hydrogen-bond donors (Lipinski definition) is 2. The summed E-state index contributed by atoms with van der Waals surface area (Å²) in [7, 11) is -4.52. The summed E-state index contributed by atoms with van der Waals surface area (Å²) in [5.41, 5.74) is -2.68. The molecule has 1 amide bonds. The number of nitrogens with zero attached hydrogens (tertiary/aromatic N) is 4. The number of aromatic nitrogens is 2. The number of anilines is 1. The van der Waals surface area contributed by atoms with Crippen molar-refractivity contribution in [2.45, 2.75) is 53.5 Å². The third kappa shape index (κ3) is 12.5. The number of halogens is 2. The Hall–Kier alpha value is -3.23. The van der Waals surface area contributed by atoms with E-state index < -0.39 is 54.8 Å². The van der Waals surface area contributed by atoms with Crippen molar-refractivity contribution in [3.8, 4) is 6.07 Å². The van der Waals surface area contributed by atoms with Gasteiger partial charge in [-0.3, -0.25) is 9.32 Å². The van der Waals surface area contributed by atoms with Crippen LogP contribution in [0, 0.1) is 28.4 Å². The molecule has 0 saturated heterocycles. The zero-order valence-electron chi connectivity index (χ0n) is 26.7. The maximum absolute atomic E-state index is 15.4. The quantitative estimate of drug-likeness (QED) is 0.106. The summed E-state index contributed by atoms with van der Waals surface area (Å²) in [5.74, 6) is -2.67. The monoisotopic (exact) mass is 678 g/mol. The average Bonchev–Trinajstić information content (AvgIpc) is 3.34. The lowest BCUT2D eigenvalue weighted by Gasteiger charge is -2.30. The van der Waals surface area contributed by atoms with Crippen LogP contribution in [0.1, 0.15) is 53.5 Å². The third-order valence-corrected chi connectivity index (χ3v) is 6.33. The average molecular weight is 679 g/mol. The summed E-state index contributed by atoms with van der Waals surface area (Å²) in [6.07, 6.45) is -1.16. The van der Waals surface area contributed by atoms with E-state index in [1.807, 2.05) is 20.8 Å². The Kier molecular flexibility index (Phi) is 14.5. The molecule has 2 rings (SSSR count). The van der Waals surface area contributed by atoms with Gasteiger partial charge in [-0.25, -0.2) is 28.0 Å². The van der Waals surface area contributed by atoms with Crippen LogP contribution in [0.15, 0.2) is 6.07 Å². The van der Waals surface area contributed by atoms with Crippen LogP contribution >= 0.6 is 7.82 Å². The van der Waals surface area contributed by atoms with Gasteiger partial charge in [0.05, 0.1) is 51.8 Å². The zero-order chi connectivity index (χ0) is 34.7. The van der Waals surface area contributed by atoms with Crippen molar-refractivity contribution in [2.24, 2.45) is 5.41 Å². The Balaban J connectivity index is 1.97. The first-order valence-electron chi connectivity index (χ1n) is 14.2. The van der Waals surface area contributed by atoms with E-state index in [1.54, 1.807) is 26.8 Å². The standard InChI is InChI=1S/C28H41F2N4O11P/c1-27(2,3)16-21(35)33(25-32-23-20(29)15-19(17-31)22(30)24(23)34(25)28(4,5)6)18-44-26(36)43-13-11-41-9-7-40-8-10-42-12-14-45-46(37,38)39/h15H,7-14,16,18H2,1-6H3,(H2,37,38,39). The summed E-state index contributed by atoms with van der Waals surface area (Å²) in [4.78, 5) is 48.2. The fraction of sp³-hybridized carbons (Fsp3) is 0.643. The number of imidazole rings is 1. The molecule has 0 fully saturated rings. The van der Waals surface area contributed by atoms with E-state index in [0.29, 0.717) is 0 Å². The second-order valence-electron chi connectivity index (χ2n) is 12.0. The molecule has 0 spiro atoms. The van der Waals surface area contributed by atoms with Gasteiger partial charge in [0.25, 0.3) is 0 Å². The molecule has 2 N–H and O–H groups in total. The number of carbonyl (C=O) groups excluding carboxylic acids is 2. The number of benzene rings is 1. The Morgan fingerprint density at radius 2 is 1.50 bits per heavy atom. The molecule has 0 aliphatic rings. The van der Waals surface area contributed by atoms with Gasteiger partial charge in [0.15, 0.2) is 18.4 Å². The molecular weight excluding hydrogens is 637 g/mol. The van der Waals surface area contributed by atoms with Gasteiger partial charge in [-0.15, -0.1) is 0 Å². The highest BCUT2D eigenvalue weighted by molar-refractivity contribution is 7.46. The Bertz CT molecular complexity index is 1430. The first kappa shape index (κ1) is 39.0. The van der Waals surface area contributed by atoms with Gasteiger partial charge in [0.2, 0.25) is 11.9 Å². The van der Waals surface area contributed by atoms with Gasteiger partial charge in [0.1, 0.15) is 23.7 Å². The lowest BCUT2D eigenvalue weighted by atomic mass is 9.92. The lowest BCUT2D eigenvalue weighted by Crippen LogP contribution is -2.40. The number of ether oxygens (including phenoxy) is 5. The topological polar surface area (TPSA) is 192 Å². The highest BCUT2D eigenvalue weighted by Gasteiger charge is 2.34. The summed E-state index contributed by atoms with van der Waals surface area (Å²) >= 11 is 0. The molecule has 0 saturated carbocycles. The SMILES string of the molecule is CC(C)(C)CC(=O)N(COC(=O)OCCOCCOCCOCCOP(=O)(O)O)c1nc2c(F)cc(C#N)c(F)c2n1C(C)(C)C. The minimum absolute atomic E-state index is 0.000936. The van der Waals surface area contributed by atoms with Crippen molar-refractivity contribution < 1.29 is 60.9 Å². The van der Waals surface area contributed by atoms with Crippen LogP contribution in [0.3, 0.4) is 0 Å². The van der Waals surface area contributed by atoms with Gasteiger partial charge < -0.3 is 38.0 Å². The molecule has 258 valence electrons. The molecule has 1 heterocycles. The number of nitriles is 1. The smallest absolute Gasteiger partial charge is 0.432 e. The molecule has 0 bridgehead atoms. The summed E-state index contributed by atoms with van der Waals surface area (Å²) in [6.45, 7) is 10.1. The molecule has 2 aromatic rings. The number of rotatable bonds is 17. The van der Waals surface area contributed by atoms with Crippen LogP contribution in [0.5, 0.6) is 0 Å².